The highest BCUT2D eigenvalue weighted by molar-refractivity contribution is 7.89. The summed E-state index contributed by atoms with van der Waals surface area (Å²) in [6.07, 6.45) is 3.27. The highest BCUT2D eigenvalue weighted by atomic mass is 32.2. The van der Waals surface area contributed by atoms with Gasteiger partial charge in [0.05, 0.1) is 4.90 Å². The Balaban J connectivity index is 1.57. The van der Waals surface area contributed by atoms with E-state index >= 15 is 0 Å². The largest absolute Gasteiger partial charge is 0.338 e. The van der Waals surface area contributed by atoms with Gasteiger partial charge in [0.25, 0.3) is 0 Å². The molecule has 3 rings (SSSR count). The third kappa shape index (κ3) is 5.08. The summed E-state index contributed by atoms with van der Waals surface area (Å²) in [7, 11) is -3.51. The van der Waals surface area contributed by atoms with Crippen molar-refractivity contribution in [2.45, 2.75) is 36.6 Å². The molecule has 1 heterocycles. The number of urea groups is 1. The summed E-state index contributed by atoms with van der Waals surface area (Å²) >= 11 is 0. The number of hydrogen-bond acceptors (Lipinski definition) is 3. The van der Waals surface area contributed by atoms with Gasteiger partial charge in [0.15, 0.2) is 0 Å². The molecule has 1 atom stereocenters. The Bertz CT molecular complexity index is 841. The van der Waals surface area contributed by atoms with Crippen LogP contribution in [0.1, 0.15) is 25.7 Å². The molecule has 7 heteroatoms. The van der Waals surface area contributed by atoms with Gasteiger partial charge in [-0.3, -0.25) is 0 Å². The van der Waals surface area contributed by atoms with Crippen molar-refractivity contribution in [3.05, 3.63) is 60.7 Å². The number of nitrogens with one attached hydrogen (secondary N) is 2. The first kappa shape index (κ1) is 19.4. The highest BCUT2D eigenvalue weighted by Gasteiger charge is 2.33. The highest BCUT2D eigenvalue weighted by Crippen LogP contribution is 2.26. The summed E-state index contributed by atoms with van der Waals surface area (Å²) in [4.78, 5) is 12.3. The van der Waals surface area contributed by atoms with Crippen LogP contribution in [0, 0.1) is 0 Å². The van der Waals surface area contributed by atoms with Gasteiger partial charge in [0.2, 0.25) is 10.0 Å². The minimum atomic E-state index is -3.51. The molecule has 0 radical (unpaired) electrons. The van der Waals surface area contributed by atoms with Crippen LogP contribution in [0.25, 0.3) is 0 Å². The van der Waals surface area contributed by atoms with Crippen molar-refractivity contribution in [1.82, 2.24) is 9.62 Å². The van der Waals surface area contributed by atoms with Crippen molar-refractivity contribution < 1.29 is 13.2 Å². The van der Waals surface area contributed by atoms with Gasteiger partial charge >= 0.3 is 6.03 Å². The second-order valence-corrected chi connectivity index (χ2v) is 8.50. The van der Waals surface area contributed by atoms with Crippen LogP contribution in [-0.4, -0.2) is 37.9 Å². The van der Waals surface area contributed by atoms with Gasteiger partial charge in [0.1, 0.15) is 0 Å². The van der Waals surface area contributed by atoms with E-state index in [1.165, 1.54) is 0 Å². The Morgan fingerprint density at radius 3 is 2.37 bits per heavy atom. The number of carbonyl (C=O) groups is 1. The Morgan fingerprint density at radius 2 is 1.67 bits per heavy atom. The molecule has 6 nitrogen and oxygen atoms in total. The van der Waals surface area contributed by atoms with E-state index in [-0.39, 0.29) is 12.1 Å². The van der Waals surface area contributed by atoms with Crippen LogP contribution < -0.4 is 10.6 Å². The van der Waals surface area contributed by atoms with E-state index in [9.17, 15) is 13.2 Å². The fourth-order valence-electron chi connectivity index (χ4n) is 3.36. The fraction of sp³-hybridized carbons (Fsp3) is 0.350. The zero-order valence-corrected chi connectivity index (χ0v) is 16.0. The van der Waals surface area contributed by atoms with Gasteiger partial charge in [-0.05, 0) is 43.5 Å². The lowest BCUT2D eigenvalue weighted by Crippen LogP contribution is -2.45. The maximum Gasteiger partial charge on any atom is 0.319 e. The number of anilines is 1. The fourth-order valence-corrected chi connectivity index (χ4v) is 5.10. The van der Waals surface area contributed by atoms with Crippen molar-refractivity contribution >= 4 is 21.7 Å². The predicted molar refractivity (Wildman–Crippen MR) is 106 cm³/mol. The SMILES string of the molecule is O=C(NCCC1CCCCN1S(=O)(=O)c1ccccc1)Nc1ccccc1. The van der Waals surface area contributed by atoms with Crippen LogP contribution in [0.15, 0.2) is 65.6 Å². The maximum absolute atomic E-state index is 13.0. The Morgan fingerprint density at radius 1 is 1.00 bits per heavy atom. The molecule has 0 aliphatic carbocycles. The molecular weight excluding hydrogens is 362 g/mol. The zero-order valence-electron chi connectivity index (χ0n) is 15.2. The van der Waals surface area contributed by atoms with Crippen molar-refractivity contribution in [3.8, 4) is 0 Å². The molecule has 2 amide bonds. The molecule has 2 aromatic rings. The van der Waals surface area contributed by atoms with Gasteiger partial charge in [0, 0.05) is 24.8 Å². The smallest absolute Gasteiger partial charge is 0.319 e. The number of benzene rings is 2. The third-order valence-electron chi connectivity index (χ3n) is 4.72. The molecule has 0 spiro atoms. The third-order valence-corrected chi connectivity index (χ3v) is 6.68. The average molecular weight is 388 g/mol. The van der Waals surface area contributed by atoms with Crippen LogP contribution in [-0.2, 0) is 10.0 Å². The van der Waals surface area contributed by atoms with Crippen LogP contribution in [0.4, 0.5) is 10.5 Å². The molecule has 1 aliphatic rings. The summed E-state index contributed by atoms with van der Waals surface area (Å²) in [5, 5.41) is 5.58. The number of sulfonamides is 1. The summed E-state index contributed by atoms with van der Waals surface area (Å²) in [5.41, 5.74) is 0.723. The lowest BCUT2D eigenvalue weighted by Gasteiger charge is -2.34. The van der Waals surface area contributed by atoms with E-state index in [0.29, 0.717) is 24.4 Å². The molecule has 2 aromatic carbocycles. The minimum Gasteiger partial charge on any atom is -0.338 e. The van der Waals surface area contributed by atoms with Crippen molar-refractivity contribution in [3.63, 3.8) is 0 Å². The normalized spacial score (nSPS) is 18.0. The number of hydrogen-bond donors (Lipinski definition) is 2. The van der Waals surface area contributed by atoms with E-state index in [4.69, 9.17) is 0 Å². The summed E-state index contributed by atoms with van der Waals surface area (Å²) in [6.45, 7) is 0.947. The Hall–Kier alpha value is -2.38. The molecule has 2 N–H and O–H groups in total. The molecular formula is C20H25N3O3S. The van der Waals surface area contributed by atoms with E-state index < -0.39 is 10.0 Å². The molecule has 0 bridgehead atoms. The molecule has 0 saturated carbocycles. The topological polar surface area (TPSA) is 78.5 Å². The number of amides is 2. The van der Waals surface area contributed by atoms with Crippen LogP contribution in [0.2, 0.25) is 0 Å². The molecule has 1 fully saturated rings. The number of piperidine rings is 1. The zero-order chi connectivity index (χ0) is 19.1. The second kappa shape index (κ2) is 9.01. The lowest BCUT2D eigenvalue weighted by molar-refractivity contribution is 0.234. The first-order valence-corrected chi connectivity index (χ1v) is 10.7. The van der Waals surface area contributed by atoms with E-state index in [1.807, 2.05) is 36.4 Å². The number of para-hydroxylation sites is 1. The minimum absolute atomic E-state index is 0.0963. The Kier molecular flexibility index (Phi) is 6.47. The van der Waals surface area contributed by atoms with Crippen LogP contribution in [0.5, 0.6) is 0 Å². The van der Waals surface area contributed by atoms with Gasteiger partial charge in [-0.25, -0.2) is 13.2 Å². The average Bonchev–Trinajstić information content (AvgIpc) is 2.70. The molecule has 1 aliphatic heterocycles. The van der Waals surface area contributed by atoms with Crippen molar-refractivity contribution in [2.75, 3.05) is 18.4 Å². The summed E-state index contributed by atoms with van der Waals surface area (Å²) in [5.74, 6) is 0. The standard InChI is InChI=1S/C20H25N3O3S/c24-20(22-17-9-3-1-4-10-17)21-15-14-18-11-7-8-16-23(18)27(25,26)19-12-5-2-6-13-19/h1-6,9-10,12-13,18H,7-8,11,14-16H2,(H2,21,22,24). The number of rotatable bonds is 6. The summed E-state index contributed by atoms with van der Waals surface area (Å²) in [6, 6.07) is 17.4. The predicted octanol–water partition coefficient (Wildman–Crippen LogP) is 3.44. The van der Waals surface area contributed by atoms with Gasteiger partial charge in [-0.15, -0.1) is 0 Å². The van der Waals surface area contributed by atoms with E-state index in [1.54, 1.807) is 28.6 Å². The molecule has 27 heavy (non-hydrogen) atoms. The monoisotopic (exact) mass is 387 g/mol. The van der Waals surface area contributed by atoms with Crippen molar-refractivity contribution in [1.29, 1.82) is 0 Å². The Labute approximate surface area is 160 Å². The second-order valence-electron chi connectivity index (χ2n) is 6.61. The van der Waals surface area contributed by atoms with E-state index in [2.05, 4.69) is 10.6 Å². The van der Waals surface area contributed by atoms with E-state index in [0.717, 1.165) is 24.9 Å². The first-order valence-electron chi connectivity index (χ1n) is 9.24. The van der Waals surface area contributed by atoms with Crippen LogP contribution in [0.3, 0.4) is 0 Å². The van der Waals surface area contributed by atoms with Gasteiger partial charge < -0.3 is 10.6 Å². The number of nitrogens with zero attached hydrogens (tertiary/aromatic N) is 1. The molecule has 1 saturated heterocycles. The van der Waals surface area contributed by atoms with Gasteiger partial charge in [-0.2, -0.15) is 4.31 Å². The summed E-state index contributed by atoms with van der Waals surface area (Å²) < 4.78 is 27.5. The molecule has 144 valence electrons. The first-order chi connectivity index (χ1) is 13.1. The van der Waals surface area contributed by atoms with Crippen molar-refractivity contribution in [2.24, 2.45) is 0 Å². The quantitative estimate of drug-likeness (QED) is 0.797. The van der Waals surface area contributed by atoms with Gasteiger partial charge in [-0.1, -0.05) is 42.8 Å². The molecule has 0 aromatic heterocycles. The maximum atomic E-state index is 13.0. The molecule has 1 unspecified atom stereocenters. The number of carbonyl (C=O) groups excluding carboxylic acids is 1. The van der Waals surface area contributed by atoms with Crippen LogP contribution >= 0.6 is 0 Å². The lowest BCUT2D eigenvalue weighted by atomic mass is 10.0.